The third kappa shape index (κ3) is 6.84. The molecule has 0 fully saturated rings. The summed E-state index contributed by atoms with van der Waals surface area (Å²) in [6, 6.07) is 14.3. The van der Waals surface area contributed by atoms with Crippen LogP contribution in [0.15, 0.2) is 42.5 Å². The van der Waals surface area contributed by atoms with E-state index in [2.05, 4.69) is 16.7 Å². The van der Waals surface area contributed by atoms with Crippen LogP contribution in [-0.4, -0.2) is 30.2 Å². The number of guanidine groups is 1. The van der Waals surface area contributed by atoms with Crippen LogP contribution in [0.5, 0.6) is 5.75 Å². The van der Waals surface area contributed by atoms with E-state index < -0.39 is 23.6 Å². The van der Waals surface area contributed by atoms with Crippen molar-refractivity contribution in [2.75, 3.05) is 6.61 Å². The zero-order chi connectivity index (χ0) is 23.7. The van der Waals surface area contributed by atoms with E-state index in [9.17, 15) is 14.9 Å². The number of alkyl carbamates (subject to hydrolysis) is 1. The van der Waals surface area contributed by atoms with Crippen LogP contribution in [0.1, 0.15) is 56.5 Å². The van der Waals surface area contributed by atoms with Crippen LogP contribution in [0.2, 0.25) is 0 Å². The molecular weight excluding hydrogens is 408 g/mol. The highest BCUT2D eigenvalue weighted by molar-refractivity contribution is 6.12. The van der Waals surface area contributed by atoms with Crippen molar-refractivity contribution in [2.45, 2.75) is 46.1 Å². The lowest BCUT2D eigenvalue weighted by molar-refractivity contribution is 0.0561. The average Bonchev–Trinajstić information content (AvgIpc) is 2.72. The molecule has 32 heavy (non-hydrogen) atoms. The predicted molar refractivity (Wildman–Crippen MR) is 122 cm³/mol. The molecule has 2 amide bonds. The first-order chi connectivity index (χ1) is 15.2. The molecule has 0 radical (unpaired) electrons. The van der Waals surface area contributed by atoms with Crippen LogP contribution < -0.4 is 15.4 Å². The molecule has 3 N–H and O–H groups in total. The van der Waals surface area contributed by atoms with Crippen molar-refractivity contribution in [3.63, 3.8) is 0 Å². The van der Waals surface area contributed by atoms with Crippen molar-refractivity contribution in [3.05, 3.63) is 53.6 Å². The molecule has 8 nitrogen and oxygen atoms in total. The van der Waals surface area contributed by atoms with Gasteiger partial charge in [-0.25, -0.2) is 4.79 Å². The molecule has 0 saturated carbocycles. The van der Waals surface area contributed by atoms with Crippen LogP contribution in [0.4, 0.5) is 4.79 Å². The smallest absolute Gasteiger partial charge is 0.414 e. The number of amides is 2. The molecule has 168 valence electrons. The fraction of sp³-hybridized carbons (Fsp3) is 0.333. The van der Waals surface area contributed by atoms with Crippen molar-refractivity contribution >= 4 is 18.0 Å². The third-order valence-corrected chi connectivity index (χ3v) is 4.20. The largest absolute Gasteiger partial charge is 0.493 e. The highest BCUT2D eigenvalue weighted by atomic mass is 16.6. The molecule has 2 aromatic rings. The molecule has 2 aromatic carbocycles. The number of nitrogens with zero attached hydrogens (tertiary/aromatic N) is 1. The van der Waals surface area contributed by atoms with Gasteiger partial charge in [0.25, 0.3) is 5.91 Å². The molecule has 8 heteroatoms. The van der Waals surface area contributed by atoms with Gasteiger partial charge in [-0.05, 0) is 44.9 Å². The topological polar surface area (TPSA) is 124 Å². The highest BCUT2D eigenvalue weighted by Crippen LogP contribution is 2.34. The van der Waals surface area contributed by atoms with Gasteiger partial charge < -0.3 is 9.47 Å². The van der Waals surface area contributed by atoms with Crippen LogP contribution >= 0.6 is 0 Å². The lowest BCUT2D eigenvalue weighted by Crippen LogP contribution is -2.45. The third-order valence-electron chi connectivity index (χ3n) is 4.20. The van der Waals surface area contributed by atoms with E-state index in [1.165, 1.54) is 0 Å². The molecule has 0 heterocycles. The zero-order valence-corrected chi connectivity index (χ0v) is 18.7. The number of unbranched alkanes of at least 4 members (excludes halogenated alkanes) is 1. The van der Waals surface area contributed by atoms with Crippen LogP contribution in [0, 0.1) is 16.7 Å². The SMILES string of the molecule is CCCCOc1ccc(C#N)c(-c2ccccc2)c1C(=O)NC(=N)NC(=O)OC(C)(C)C. The number of rotatable bonds is 6. The summed E-state index contributed by atoms with van der Waals surface area (Å²) in [5.41, 5.74) is 0.695. The van der Waals surface area contributed by atoms with Gasteiger partial charge in [0.05, 0.1) is 23.8 Å². The van der Waals surface area contributed by atoms with Crippen LogP contribution in [-0.2, 0) is 4.74 Å². The van der Waals surface area contributed by atoms with Gasteiger partial charge in [-0.15, -0.1) is 0 Å². The molecule has 0 saturated heterocycles. The minimum Gasteiger partial charge on any atom is -0.493 e. The number of hydrogen-bond acceptors (Lipinski definition) is 6. The second-order valence-electron chi connectivity index (χ2n) is 8.00. The summed E-state index contributed by atoms with van der Waals surface area (Å²) in [6.45, 7) is 7.48. The van der Waals surface area contributed by atoms with E-state index in [-0.39, 0.29) is 11.1 Å². The Balaban J connectivity index is 2.42. The van der Waals surface area contributed by atoms with Gasteiger partial charge in [0.2, 0.25) is 5.96 Å². The normalized spacial score (nSPS) is 10.6. The molecule has 0 bridgehead atoms. The summed E-state index contributed by atoms with van der Waals surface area (Å²) in [4.78, 5) is 25.1. The number of carbonyl (C=O) groups is 2. The van der Waals surface area contributed by atoms with Crippen molar-refractivity contribution in [2.24, 2.45) is 0 Å². The second kappa shape index (κ2) is 11.0. The number of nitrogens with one attached hydrogen (secondary N) is 3. The maximum atomic E-state index is 13.2. The van der Waals surface area contributed by atoms with Gasteiger partial charge in [-0.3, -0.25) is 20.8 Å². The molecule has 0 unspecified atom stereocenters. The Bertz CT molecular complexity index is 1020. The molecule has 0 spiro atoms. The number of benzene rings is 2. The number of carbonyl (C=O) groups excluding carboxylic acids is 2. The number of hydrogen-bond donors (Lipinski definition) is 3. The molecular formula is C24H28N4O4. The molecule has 0 aliphatic heterocycles. The lowest BCUT2D eigenvalue weighted by Gasteiger charge is -2.20. The van der Waals surface area contributed by atoms with E-state index in [1.54, 1.807) is 57.2 Å². The van der Waals surface area contributed by atoms with E-state index in [0.29, 0.717) is 23.5 Å². The van der Waals surface area contributed by atoms with E-state index in [1.807, 2.05) is 13.0 Å². The maximum absolute atomic E-state index is 13.2. The second-order valence-corrected chi connectivity index (χ2v) is 8.00. The molecule has 0 aromatic heterocycles. The monoisotopic (exact) mass is 436 g/mol. The van der Waals surface area contributed by atoms with E-state index in [4.69, 9.17) is 14.9 Å². The maximum Gasteiger partial charge on any atom is 0.414 e. The van der Waals surface area contributed by atoms with Crippen molar-refractivity contribution in [3.8, 4) is 22.9 Å². The van der Waals surface area contributed by atoms with E-state index >= 15 is 0 Å². The zero-order valence-electron chi connectivity index (χ0n) is 18.7. The molecule has 0 aliphatic carbocycles. The van der Waals surface area contributed by atoms with Crippen molar-refractivity contribution < 1.29 is 19.1 Å². The van der Waals surface area contributed by atoms with Gasteiger partial charge in [0.15, 0.2) is 0 Å². The fourth-order valence-corrected chi connectivity index (χ4v) is 2.87. The number of ether oxygens (including phenoxy) is 2. The van der Waals surface area contributed by atoms with E-state index in [0.717, 1.165) is 12.8 Å². The summed E-state index contributed by atoms with van der Waals surface area (Å²) < 4.78 is 10.9. The average molecular weight is 437 g/mol. The summed E-state index contributed by atoms with van der Waals surface area (Å²) in [6.07, 6.45) is 0.835. The van der Waals surface area contributed by atoms with Crippen LogP contribution in [0.25, 0.3) is 11.1 Å². The first-order valence-corrected chi connectivity index (χ1v) is 10.3. The Hall–Kier alpha value is -3.86. The summed E-state index contributed by atoms with van der Waals surface area (Å²) in [7, 11) is 0. The van der Waals surface area contributed by atoms with Gasteiger partial charge >= 0.3 is 6.09 Å². The first-order valence-electron chi connectivity index (χ1n) is 10.3. The summed E-state index contributed by atoms with van der Waals surface area (Å²) in [5, 5.41) is 22.2. The predicted octanol–water partition coefficient (Wildman–Crippen LogP) is 4.59. The molecule has 0 atom stereocenters. The summed E-state index contributed by atoms with van der Waals surface area (Å²) >= 11 is 0. The standard InChI is InChI=1S/C24H28N4O4/c1-5-6-14-31-18-13-12-17(15-25)19(16-10-8-7-9-11-16)20(18)21(29)27-22(26)28-23(30)32-24(2,3)4/h7-13H,5-6,14H2,1-4H3,(H3,26,27,28,29,30). The minimum absolute atomic E-state index is 0.113. The Morgan fingerprint density at radius 3 is 2.38 bits per heavy atom. The van der Waals surface area contributed by atoms with Crippen LogP contribution in [0.3, 0.4) is 0 Å². The quantitative estimate of drug-likeness (QED) is 0.347. The minimum atomic E-state index is -0.865. The van der Waals surface area contributed by atoms with Gasteiger partial charge in [-0.1, -0.05) is 43.7 Å². The molecule has 0 aliphatic rings. The Labute approximate surface area is 188 Å². The Kier molecular flexibility index (Phi) is 8.36. The first kappa shape index (κ1) is 24.4. The van der Waals surface area contributed by atoms with Crippen molar-refractivity contribution in [1.29, 1.82) is 10.7 Å². The van der Waals surface area contributed by atoms with Gasteiger partial charge in [0.1, 0.15) is 11.4 Å². The molecule has 2 rings (SSSR count). The van der Waals surface area contributed by atoms with Gasteiger partial charge in [-0.2, -0.15) is 5.26 Å². The number of nitriles is 1. The van der Waals surface area contributed by atoms with Gasteiger partial charge in [0, 0.05) is 5.56 Å². The summed E-state index contributed by atoms with van der Waals surface area (Å²) in [5.74, 6) is -0.947. The Morgan fingerprint density at radius 2 is 1.78 bits per heavy atom. The fourth-order valence-electron chi connectivity index (χ4n) is 2.87. The lowest BCUT2D eigenvalue weighted by atomic mass is 9.93. The Morgan fingerprint density at radius 1 is 1.09 bits per heavy atom. The highest BCUT2D eigenvalue weighted by Gasteiger charge is 2.24. The van der Waals surface area contributed by atoms with Crippen molar-refractivity contribution in [1.82, 2.24) is 10.6 Å².